The molecule has 2 aromatic carbocycles. The summed E-state index contributed by atoms with van der Waals surface area (Å²) in [6.45, 7) is 2.26. The van der Waals surface area contributed by atoms with Crippen LogP contribution in [0.2, 0.25) is 0 Å². The summed E-state index contributed by atoms with van der Waals surface area (Å²) in [7, 11) is 5.99. The van der Waals surface area contributed by atoms with Gasteiger partial charge in [-0.05, 0) is 48.8 Å². The van der Waals surface area contributed by atoms with Crippen LogP contribution in [0.25, 0.3) is 0 Å². The molecule has 1 saturated carbocycles. The maximum absolute atomic E-state index is 12.6. The van der Waals surface area contributed by atoms with Crippen molar-refractivity contribution in [1.29, 1.82) is 0 Å². The molecule has 4 heteroatoms. The Labute approximate surface area is 150 Å². The van der Waals surface area contributed by atoms with Gasteiger partial charge in [0.2, 0.25) is 0 Å². The molecule has 0 unspecified atom stereocenters. The summed E-state index contributed by atoms with van der Waals surface area (Å²) in [6.07, 6.45) is 5.15. The first-order chi connectivity index (χ1) is 12.2. The molecule has 4 rings (SSSR count). The Morgan fingerprint density at radius 3 is 2.44 bits per heavy atom. The van der Waals surface area contributed by atoms with Gasteiger partial charge in [-0.15, -0.1) is 0 Å². The zero-order valence-corrected chi connectivity index (χ0v) is 14.4. The van der Waals surface area contributed by atoms with Gasteiger partial charge in [-0.2, -0.15) is 0 Å². The monoisotopic (exact) mass is 331 g/mol. The van der Waals surface area contributed by atoms with E-state index in [2.05, 4.69) is 4.90 Å². The van der Waals surface area contributed by atoms with Crippen molar-refractivity contribution in [2.45, 2.75) is 32.3 Å². The lowest BCUT2D eigenvalue weighted by Gasteiger charge is -2.35. The van der Waals surface area contributed by atoms with Crippen LogP contribution < -0.4 is 10.4 Å². The van der Waals surface area contributed by atoms with Gasteiger partial charge < -0.3 is 9.64 Å². The normalized spacial score (nSPS) is 18.2. The standard InChI is InChI=1S/C21H22BNO2/c22-17-6-7-18(20(24)25-15-16-4-2-1-3-5-16)19(14-17)23-12-10-21(8-9-21)11-13-23/h1-7,14H,8-13,15H2. The molecule has 0 bridgehead atoms. The lowest BCUT2D eigenvalue weighted by Crippen LogP contribution is -2.36. The molecule has 0 N–H and O–H groups in total. The van der Waals surface area contributed by atoms with Gasteiger partial charge in [-0.25, -0.2) is 4.79 Å². The van der Waals surface area contributed by atoms with Gasteiger partial charge in [0.05, 0.1) is 11.3 Å². The highest BCUT2D eigenvalue weighted by Gasteiger charge is 2.44. The van der Waals surface area contributed by atoms with E-state index in [1.54, 1.807) is 12.1 Å². The second-order valence-electron chi connectivity index (χ2n) is 7.33. The van der Waals surface area contributed by atoms with Crippen molar-refractivity contribution in [2.75, 3.05) is 18.0 Å². The van der Waals surface area contributed by atoms with Crippen LogP contribution in [0.4, 0.5) is 5.69 Å². The Balaban J connectivity index is 1.49. The predicted molar refractivity (Wildman–Crippen MR) is 101 cm³/mol. The summed E-state index contributed by atoms with van der Waals surface area (Å²) in [5, 5.41) is 0. The molecule has 0 aromatic heterocycles. The Morgan fingerprint density at radius 1 is 1.04 bits per heavy atom. The maximum atomic E-state index is 12.6. The third-order valence-electron chi connectivity index (χ3n) is 5.58. The fourth-order valence-electron chi connectivity index (χ4n) is 3.68. The number of benzene rings is 2. The zero-order valence-electron chi connectivity index (χ0n) is 14.4. The van der Waals surface area contributed by atoms with E-state index in [-0.39, 0.29) is 12.6 Å². The lowest BCUT2D eigenvalue weighted by molar-refractivity contribution is 0.0473. The number of anilines is 1. The molecule has 1 aliphatic carbocycles. The number of hydrogen-bond acceptors (Lipinski definition) is 3. The number of piperidine rings is 1. The number of rotatable bonds is 4. The van der Waals surface area contributed by atoms with Gasteiger partial charge in [-0.3, -0.25) is 0 Å². The molecule has 3 nitrogen and oxygen atoms in total. The summed E-state index contributed by atoms with van der Waals surface area (Å²) in [6, 6.07) is 15.2. The van der Waals surface area contributed by atoms with Crippen LogP contribution in [0, 0.1) is 5.41 Å². The van der Waals surface area contributed by atoms with E-state index < -0.39 is 0 Å². The molecule has 2 radical (unpaired) electrons. The summed E-state index contributed by atoms with van der Waals surface area (Å²) >= 11 is 0. The van der Waals surface area contributed by atoms with Gasteiger partial charge in [-0.1, -0.05) is 41.9 Å². The average molecular weight is 331 g/mol. The third-order valence-corrected chi connectivity index (χ3v) is 5.58. The van der Waals surface area contributed by atoms with E-state index in [0.717, 1.165) is 24.3 Å². The first kappa shape index (κ1) is 16.3. The molecule has 1 spiro atoms. The minimum absolute atomic E-state index is 0.284. The van der Waals surface area contributed by atoms with Crippen LogP contribution in [0.15, 0.2) is 48.5 Å². The van der Waals surface area contributed by atoms with Crippen LogP contribution in [0.5, 0.6) is 0 Å². The van der Waals surface area contributed by atoms with E-state index in [9.17, 15) is 4.79 Å². The van der Waals surface area contributed by atoms with Crippen LogP contribution in [-0.2, 0) is 11.3 Å². The summed E-state index contributed by atoms with van der Waals surface area (Å²) in [5.41, 5.74) is 3.79. The van der Waals surface area contributed by atoms with Crippen LogP contribution in [0.1, 0.15) is 41.6 Å². The first-order valence-electron chi connectivity index (χ1n) is 9.01. The highest BCUT2D eigenvalue weighted by Crippen LogP contribution is 2.54. The van der Waals surface area contributed by atoms with E-state index in [0.29, 0.717) is 16.4 Å². The molecule has 2 aromatic rings. The topological polar surface area (TPSA) is 29.5 Å². The Morgan fingerprint density at radius 2 is 1.76 bits per heavy atom. The predicted octanol–water partition coefficient (Wildman–Crippen LogP) is 3.22. The number of carbonyl (C=O) groups is 1. The van der Waals surface area contributed by atoms with Gasteiger partial charge in [0, 0.05) is 13.1 Å². The quantitative estimate of drug-likeness (QED) is 0.636. The molecule has 1 heterocycles. The molecule has 126 valence electrons. The van der Waals surface area contributed by atoms with Gasteiger partial charge in [0.15, 0.2) is 0 Å². The number of hydrogen-bond donors (Lipinski definition) is 0. The van der Waals surface area contributed by atoms with Crippen LogP contribution in [0.3, 0.4) is 0 Å². The molecule has 1 saturated heterocycles. The minimum atomic E-state index is -0.287. The molecular formula is C21H22BNO2. The molecule has 0 atom stereocenters. The lowest BCUT2D eigenvalue weighted by atomic mass is 9.90. The number of esters is 1. The molecule has 25 heavy (non-hydrogen) atoms. The number of carbonyl (C=O) groups excluding carboxylic acids is 1. The molecule has 2 aliphatic rings. The number of nitrogens with zero attached hydrogens (tertiary/aromatic N) is 1. The van der Waals surface area contributed by atoms with Crippen molar-refractivity contribution < 1.29 is 9.53 Å². The highest BCUT2D eigenvalue weighted by atomic mass is 16.5. The van der Waals surface area contributed by atoms with E-state index in [4.69, 9.17) is 12.6 Å². The Bertz CT molecular complexity index is 761. The second-order valence-corrected chi connectivity index (χ2v) is 7.33. The Kier molecular flexibility index (Phi) is 4.28. The van der Waals surface area contributed by atoms with Crippen molar-refractivity contribution in [1.82, 2.24) is 0 Å². The average Bonchev–Trinajstić information content (AvgIpc) is 3.40. The van der Waals surface area contributed by atoms with E-state index >= 15 is 0 Å². The highest BCUT2D eigenvalue weighted by molar-refractivity contribution is 6.32. The van der Waals surface area contributed by atoms with E-state index in [1.807, 2.05) is 36.4 Å². The SMILES string of the molecule is [B]c1ccc(C(=O)OCc2ccccc2)c(N2CCC3(CC2)CC3)c1. The van der Waals surface area contributed by atoms with Crippen LogP contribution in [-0.4, -0.2) is 26.9 Å². The smallest absolute Gasteiger partial charge is 0.340 e. The Hall–Kier alpha value is -2.23. The van der Waals surface area contributed by atoms with Crippen molar-refractivity contribution in [3.63, 3.8) is 0 Å². The fourth-order valence-corrected chi connectivity index (χ4v) is 3.68. The van der Waals surface area contributed by atoms with Crippen molar-refractivity contribution in [3.8, 4) is 0 Å². The van der Waals surface area contributed by atoms with Crippen LogP contribution >= 0.6 is 0 Å². The van der Waals surface area contributed by atoms with Gasteiger partial charge in [0.1, 0.15) is 14.5 Å². The second kappa shape index (κ2) is 6.59. The molecular weight excluding hydrogens is 309 g/mol. The van der Waals surface area contributed by atoms with Crippen molar-refractivity contribution >= 4 is 25.0 Å². The molecule has 1 aliphatic heterocycles. The largest absolute Gasteiger partial charge is 0.457 e. The van der Waals surface area contributed by atoms with Gasteiger partial charge in [0.25, 0.3) is 0 Å². The van der Waals surface area contributed by atoms with Crippen molar-refractivity contribution in [2.24, 2.45) is 5.41 Å². The minimum Gasteiger partial charge on any atom is -0.457 e. The van der Waals surface area contributed by atoms with Gasteiger partial charge >= 0.3 is 5.97 Å². The number of ether oxygens (including phenoxy) is 1. The first-order valence-corrected chi connectivity index (χ1v) is 9.01. The summed E-state index contributed by atoms with van der Waals surface area (Å²) in [4.78, 5) is 14.9. The maximum Gasteiger partial charge on any atom is 0.340 e. The molecule has 2 fully saturated rings. The fraction of sp³-hybridized carbons (Fsp3) is 0.381. The zero-order chi connectivity index (χ0) is 17.3. The van der Waals surface area contributed by atoms with E-state index in [1.165, 1.54) is 25.7 Å². The third kappa shape index (κ3) is 3.58. The summed E-state index contributed by atoms with van der Waals surface area (Å²) < 4.78 is 5.53. The summed E-state index contributed by atoms with van der Waals surface area (Å²) in [5.74, 6) is -0.287. The van der Waals surface area contributed by atoms with Crippen molar-refractivity contribution in [3.05, 3.63) is 59.7 Å². The molecule has 0 amide bonds.